The first-order chi connectivity index (χ1) is 14.6. The van der Waals surface area contributed by atoms with Gasteiger partial charge in [0.05, 0.1) is 19.0 Å². The van der Waals surface area contributed by atoms with Crippen LogP contribution in [0.15, 0.2) is 24.3 Å². The standard InChI is InChI=1S/C23H39NO6S/c1-4-5-11-18(2)21(25)15-13-19-14-16-22(26)20(19)12-9-7-6-8-10-17-30-23(27)24-31(3,28)29/h13-16,18-21,25H,4-12,17H2,1-3H3,(H,24,27)/t18?,19-,20+,21+/m0/s1. The molecule has 4 atom stereocenters. The van der Waals surface area contributed by atoms with Gasteiger partial charge in [0.25, 0.3) is 0 Å². The summed E-state index contributed by atoms with van der Waals surface area (Å²) in [4.78, 5) is 23.4. The van der Waals surface area contributed by atoms with E-state index in [9.17, 15) is 23.1 Å². The molecule has 0 spiro atoms. The third-order valence-electron chi connectivity index (χ3n) is 5.60. The van der Waals surface area contributed by atoms with Gasteiger partial charge in [-0.2, -0.15) is 0 Å². The van der Waals surface area contributed by atoms with E-state index in [0.29, 0.717) is 6.42 Å². The lowest BCUT2D eigenvalue weighted by molar-refractivity contribution is -0.118. The molecule has 0 aliphatic heterocycles. The van der Waals surface area contributed by atoms with Crippen LogP contribution in [0.25, 0.3) is 0 Å². The summed E-state index contributed by atoms with van der Waals surface area (Å²) in [6.45, 7) is 4.38. The summed E-state index contributed by atoms with van der Waals surface area (Å²) in [5.41, 5.74) is 0. The van der Waals surface area contributed by atoms with E-state index in [1.807, 2.05) is 18.2 Å². The Morgan fingerprint density at radius 1 is 1.23 bits per heavy atom. The SMILES string of the molecule is CCCCC(C)[C@H](O)C=C[C@H]1C=CC(=O)[C@@H]1CCCCCCCOC(=O)NS(C)(=O)=O. The largest absolute Gasteiger partial charge is 0.449 e. The fourth-order valence-electron chi connectivity index (χ4n) is 3.66. The number of carbonyl (C=O) groups is 2. The number of rotatable bonds is 15. The van der Waals surface area contributed by atoms with E-state index in [4.69, 9.17) is 4.74 Å². The molecule has 0 aromatic heterocycles. The number of ether oxygens (including phenoxy) is 1. The van der Waals surface area contributed by atoms with Crippen LogP contribution in [0.1, 0.15) is 71.6 Å². The number of allylic oxidation sites excluding steroid dienone is 3. The summed E-state index contributed by atoms with van der Waals surface area (Å²) in [5, 5.41) is 10.3. The minimum Gasteiger partial charge on any atom is -0.449 e. The Morgan fingerprint density at radius 2 is 1.90 bits per heavy atom. The first-order valence-corrected chi connectivity index (χ1v) is 13.3. The molecule has 1 aliphatic rings. The Bertz CT molecular complexity index is 716. The van der Waals surface area contributed by atoms with Crippen molar-refractivity contribution in [1.29, 1.82) is 0 Å². The molecule has 1 amide bonds. The summed E-state index contributed by atoms with van der Waals surface area (Å²) >= 11 is 0. The molecule has 0 aromatic rings. The smallest absolute Gasteiger partial charge is 0.420 e. The summed E-state index contributed by atoms with van der Waals surface area (Å²) in [7, 11) is -3.59. The van der Waals surface area contributed by atoms with Crippen LogP contribution in [0.3, 0.4) is 0 Å². The third-order valence-corrected chi connectivity index (χ3v) is 6.14. The van der Waals surface area contributed by atoms with Gasteiger partial charge >= 0.3 is 6.09 Å². The Labute approximate surface area is 187 Å². The van der Waals surface area contributed by atoms with Crippen molar-refractivity contribution in [3.8, 4) is 0 Å². The average molecular weight is 458 g/mol. The number of nitrogens with one attached hydrogen (secondary N) is 1. The van der Waals surface area contributed by atoms with Crippen molar-refractivity contribution in [2.45, 2.75) is 77.7 Å². The molecule has 7 nitrogen and oxygen atoms in total. The molecule has 2 N–H and O–H groups in total. The van der Waals surface area contributed by atoms with E-state index in [-0.39, 0.29) is 30.1 Å². The zero-order chi connectivity index (χ0) is 23.3. The van der Waals surface area contributed by atoms with Crippen molar-refractivity contribution in [3.05, 3.63) is 24.3 Å². The zero-order valence-electron chi connectivity index (χ0n) is 19.1. The highest BCUT2D eigenvalue weighted by Gasteiger charge is 2.27. The summed E-state index contributed by atoms with van der Waals surface area (Å²) in [6.07, 6.45) is 15.4. The van der Waals surface area contributed by atoms with Gasteiger partial charge in [0, 0.05) is 11.8 Å². The maximum atomic E-state index is 12.2. The van der Waals surface area contributed by atoms with E-state index in [1.54, 1.807) is 10.8 Å². The Kier molecular flexibility index (Phi) is 12.7. The molecular weight excluding hydrogens is 418 g/mol. The van der Waals surface area contributed by atoms with Crippen LogP contribution < -0.4 is 4.72 Å². The van der Waals surface area contributed by atoms with Crippen LogP contribution in [0.2, 0.25) is 0 Å². The quantitative estimate of drug-likeness (QED) is 0.283. The van der Waals surface area contributed by atoms with Gasteiger partial charge in [0.2, 0.25) is 10.0 Å². The summed E-state index contributed by atoms with van der Waals surface area (Å²) in [5.74, 6) is 0.394. The molecule has 0 radical (unpaired) electrons. The number of hydrogen-bond acceptors (Lipinski definition) is 6. The van der Waals surface area contributed by atoms with E-state index in [2.05, 4.69) is 13.8 Å². The molecule has 1 rings (SSSR count). The molecule has 1 aliphatic carbocycles. The highest BCUT2D eigenvalue weighted by Crippen LogP contribution is 2.29. The second-order valence-corrected chi connectivity index (χ2v) is 10.3. The first kappa shape index (κ1) is 27.4. The van der Waals surface area contributed by atoms with E-state index < -0.39 is 22.2 Å². The predicted octanol–water partition coefficient (Wildman–Crippen LogP) is 4.13. The van der Waals surface area contributed by atoms with Gasteiger partial charge in [-0.1, -0.05) is 70.6 Å². The van der Waals surface area contributed by atoms with Crippen molar-refractivity contribution in [1.82, 2.24) is 4.72 Å². The molecule has 0 bridgehead atoms. The van der Waals surface area contributed by atoms with Crippen LogP contribution in [-0.2, 0) is 19.6 Å². The molecule has 178 valence electrons. The number of ketones is 1. The van der Waals surface area contributed by atoms with Crippen molar-refractivity contribution >= 4 is 21.9 Å². The number of unbranched alkanes of at least 4 members (excludes halogenated alkanes) is 5. The zero-order valence-corrected chi connectivity index (χ0v) is 19.9. The molecular formula is C23H39NO6S. The third kappa shape index (κ3) is 12.1. The van der Waals surface area contributed by atoms with Gasteiger partial charge in [-0.15, -0.1) is 0 Å². The molecule has 8 heteroatoms. The van der Waals surface area contributed by atoms with Gasteiger partial charge in [0.1, 0.15) is 0 Å². The highest BCUT2D eigenvalue weighted by atomic mass is 32.2. The molecule has 0 saturated heterocycles. The topological polar surface area (TPSA) is 110 Å². The maximum absolute atomic E-state index is 12.2. The number of amides is 1. The Hall–Kier alpha value is -1.67. The van der Waals surface area contributed by atoms with Crippen LogP contribution in [0, 0.1) is 17.8 Å². The maximum Gasteiger partial charge on any atom is 0.420 e. The van der Waals surface area contributed by atoms with E-state index in [1.165, 1.54) is 0 Å². The first-order valence-electron chi connectivity index (χ1n) is 11.4. The average Bonchev–Trinajstić information content (AvgIpc) is 3.04. The number of carbonyl (C=O) groups excluding carboxylic acids is 2. The summed E-state index contributed by atoms with van der Waals surface area (Å²) in [6, 6.07) is 0. The fraction of sp³-hybridized carbons (Fsp3) is 0.739. The van der Waals surface area contributed by atoms with Gasteiger partial charge in [-0.3, -0.25) is 4.79 Å². The van der Waals surface area contributed by atoms with Crippen molar-refractivity contribution in [3.63, 3.8) is 0 Å². The van der Waals surface area contributed by atoms with Gasteiger partial charge in [0.15, 0.2) is 5.78 Å². The second-order valence-electron chi connectivity index (χ2n) is 8.51. The van der Waals surface area contributed by atoms with E-state index >= 15 is 0 Å². The molecule has 0 heterocycles. The van der Waals surface area contributed by atoms with Crippen LogP contribution in [0.4, 0.5) is 4.79 Å². The molecule has 1 unspecified atom stereocenters. The second kappa shape index (κ2) is 14.4. The van der Waals surface area contributed by atoms with Crippen molar-refractivity contribution < 1.29 is 27.9 Å². The number of aliphatic hydroxyl groups is 1. The molecule has 0 fully saturated rings. The highest BCUT2D eigenvalue weighted by molar-refractivity contribution is 7.89. The lowest BCUT2D eigenvalue weighted by atomic mass is 9.88. The Morgan fingerprint density at radius 3 is 2.58 bits per heavy atom. The molecule has 0 aromatic carbocycles. The van der Waals surface area contributed by atoms with Gasteiger partial charge in [-0.25, -0.2) is 17.9 Å². The summed E-state index contributed by atoms with van der Waals surface area (Å²) < 4.78 is 28.3. The fourth-order valence-corrected chi connectivity index (χ4v) is 4.02. The lowest BCUT2D eigenvalue weighted by Crippen LogP contribution is -2.30. The molecule has 31 heavy (non-hydrogen) atoms. The normalized spacial score (nSPS) is 20.8. The minimum absolute atomic E-state index is 0.0441. The van der Waals surface area contributed by atoms with Crippen LogP contribution >= 0.6 is 0 Å². The number of hydrogen-bond donors (Lipinski definition) is 2. The van der Waals surface area contributed by atoms with Crippen LogP contribution in [-0.4, -0.2) is 44.4 Å². The van der Waals surface area contributed by atoms with E-state index in [0.717, 1.165) is 57.6 Å². The number of sulfonamides is 1. The van der Waals surface area contributed by atoms with Crippen molar-refractivity contribution in [2.24, 2.45) is 17.8 Å². The van der Waals surface area contributed by atoms with Crippen LogP contribution in [0.5, 0.6) is 0 Å². The minimum atomic E-state index is -3.59. The monoisotopic (exact) mass is 457 g/mol. The molecule has 0 saturated carbocycles. The number of aliphatic hydroxyl groups excluding tert-OH is 1. The lowest BCUT2D eigenvalue weighted by Gasteiger charge is -2.18. The van der Waals surface area contributed by atoms with Gasteiger partial charge in [-0.05, 0) is 31.3 Å². The van der Waals surface area contributed by atoms with Crippen molar-refractivity contribution in [2.75, 3.05) is 12.9 Å². The Balaban J connectivity index is 2.23. The predicted molar refractivity (Wildman–Crippen MR) is 122 cm³/mol. The van der Waals surface area contributed by atoms with Gasteiger partial charge < -0.3 is 9.84 Å².